The van der Waals surface area contributed by atoms with Gasteiger partial charge in [-0.1, -0.05) is 13.8 Å². The van der Waals surface area contributed by atoms with E-state index < -0.39 is 5.60 Å². The molecule has 0 aromatic rings. The lowest BCUT2D eigenvalue weighted by atomic mass is 9.83. The fourth-order valence-electron chi connectivity index (χ4n) is 2.60. The summed E-state index contributed by atoms with van der Waals surface area (Å²) in [6.45, 7) is 5.10. The largest absolute Gasteiger partial charge is 0.501 e. The van der Waals surface area contributed by atoms with Crippen molar-refractivity contribution in [3.63, 3.8) is 0 Å². The van der Waals surface area contributed by atoms with Gasteiger partial charge >= 0.3 is 0 Å². The Kier molecular flexibility index (Phi) is 2.56. The normalized spacial score (nSPS) is 35.5. The SMILES string of the molecule is CCC(O)(C1=COCCC1)C1CC1C. The van der Waals surface area contributed by atoms with Gasteiger partial charge in [-0.3, -0.25) is 0 Å². The molecule has 0 bridgehead atoms. The van der Waals surface area contributed by atoms with Crippen molar-refractivity contribution in [1.29, 1.82) is 0 Å². The van der Waals surface area contributed by atoms with Crippen LogP contribution in [0.15, 0.2) is 11.8 Å². The van der Waals surface area contributed by atoms with E-state index in [4.69, 9.17) is 4.74 Å². The van der Waals surface area contributed by atoms with Crippen LogP contribution in [0.5, 0.6) is 0 Å². The Balaban J connectivity index is 2.14. The van der Waals surface area contributed by atoms with Crippen molar-refractivity contribution in [1.82, 2.24) is 0 Å². The smallest absolute Gasteiger partial charge is 0.0917 e. The molecule has 3 unspecified atom stereocenters. The van der Waals surface area contributed by atoms with E-state index in [2.05, 4.69) is 13.8 Å². The molecule has 2 aliphatic rings. The highest BCUT2D eigenvalue weighted by atomic mass is 16.5. The van der Waals surface area contributed by atoms with Crippen LogP contribution < -0.4 is 0 Å². The maximum Gasteiger partial charge on any atom is 0.0917 e. The minimum atomic E-state index is -0.570. The highest BCUT2D eigenvalue weighted by Gasteiger charge is 2.50. The van der Waals surface area contributed by atoms with Crippen LogP contribution in [-0.2, 0) is 4.74 Å². The molecule has 3 atom stereocenters. The molecular weight excluding hydrogens is 176 g/mol. The predicted octanol–water partition coefficient (Wildman–Crippen LogP) is 2.48. The summed E-state index contributed by atoms with van der Waals surface area (Å²) in [4.78, 5) is 0. The van der Waals surface area contributed by atoms with Crippen molar-refractivity contribution in [3.05, 3.63) is 11.8 Å². The Morgan fingerprint density at radius 2 is 2.36 bits per heavy atom. The highest BCUT2D eigenvalue weighted by Crippen LogP contribution is 2.51. The molecule has 2 heteroatoms. The summed E-state index contributed by atoms with van der Waals surface area (Å²) < 4.78 is 5.32. The van der Waals surface area contributed by atoms with Crippen LogP contribution in [0, 0.1) is 11.8 Å². The van der Waals surface area contributed by atoms with E-state index in [-0.39, 0.29) is 0 Å². The lowest BCUT2D eigenvalue weighted by Gasteiger charge is -2.32. The lowest BCUT2D eigenvalue weighted by molar-refractivity contribution is 0.0330. The first-order valence-corrected chi connectivity index (χ1v) is 5.72. The van der Waals surface area contributed by atoms with Gasteiger partial charge in [0.05, 0.1) is 18.5 Å². The molecule has 1 N–H and O–H groups in total. The Morgan fingerprint density at radius 3 is 2.79 bits per heavy atom. The molecule has 0 radical (unpaired) electrons. The minimum Gasteiger partial charge on any atom is -0.501 e. The molecule has 1 fully saturated rings. The van der Waals surface area contributed by atoms with Crippen LogP contribution in [0.2, 0.25) is 0 Å². The molecule has 1 aliphatic carbocycles. The van der Waals surface area contributed by atoms with Gasteiger partial charge in [0.1, 0.15) is 0 Å². The molecule has 2 rings (SSSR count). The summed E-state index contributed by atoms with van der Waals surface area (Å²) in [6.07, 6.45) is 5.85. The topological polar surface area (TPSA) is 29.5 Å². The van der Waals surface area contributed by atoms with Gasteiger partial charge < -0.3 is 9.84 Å². The van der Waals surface area contributed by atoms with Gasteiger partial charge in [-0.05, 0) is 43.1 Å². The molecule has 1 aliphatic heterocycles. The summed E-state index contributed by atoms with van der Waals surface area (Å²) in [5.41, 5.74) is 0.556. The zero-order valence-corrected chi connectivity index (χ0v) is 9.12. The summed E-state index contributed by atoms with van der Waals surface area (Å²) in [5.74, 6) is 1.16. The van der Waals surface area contributed by atoms with Crippen molar-refractivity contribution in [2.24, 2.45) is 11.8 Å². The van der Waals surface area contributed by atoms with Crippen LogP contribution >= 0.6 is 0 Å². The maximum absolute atomic E-state index is 10.6. The third kappa shape index (κ3) is 1.56. The van der Waals surface area contributed by atoms with Crippen LogP contribution in [0.1, 0.15) is 39.5 Å². The average molecular weight is 196 g/mol. The van der Waals surface area contributed by atoms with Crippen LogP contribution in [0.4, 0.5) is 0 Å². The van der Waals surface area contributed by atoms with Gasteiger partial charge in [-0.15, -0.1) is 0 Å². The number of aliphatic hydroxyl groups is 1. The number of hydrogen-bond donors (Lipinski definition) is 1. The molecule has 1 heterocycles. The lowest BCUT2D eigenvalue weighted by Crippen LogP contribution is -2.35. The molecule has 1 saturated carbocycles. The second-order valence-corrected chi connectivity index (χ2v) is 4.71. The summed E-state index contributed by atoms with van der Waals surface area (Å²) in [5, 5.41) is 10.6. The van der Waals surface area contributed by atoms with Gasteiger partial charge in [-0.2, -0.15) is 0 Å². The van der Waals surface area contributed by atoms with E-state index in [0.29, 0.717) is 11.8 Å². The zero-order valence-electron chi connectivity index (χ0n) is 9.12. The first kappa shape index (κ1) is 10.0. The summed E-state index contributed by atoms with van der Waals surface area (Å²) in [7, 11) is 0. The van der Waals surface area contributed by atoms with Gasteiger partial charge in [-0.25, -0.2) is 0 Å². The predicted molar refractivity (Wildman–Crippen MR) is 55.8 cm³/mol. The molecule has 2 nitrogen and oxygen atoms in total. The second kappa shape index (κ2) is 3.58. The molecule has 0 spiro atoms. The van der Waals surface area contributed by atoms with Crippen molar-refractivity contribution in [3.8, 4) is 0 Å². The summed E-state index contributed by atoms with van der Waals surface area (Å²) >= 11 is 0. The summed E-state index contributed by atoms with van der Waals surface area (Å²) in [6, 6.07) is 0. The van der Waals surface area contributed by atoms with Crippen LogP contribution in [-0.4, -0.2) is 17.3 Å². The molecule has 0 saturated heterocycles. The van der Waals surface area contributed by atoms with Crippen LogP contribution in [0.25, 0.3) is 0 Å². The quantitative estimate of drug-likeness (QED) is 0.751. The number of hydrogen-bond acceptors (Lipinski definition) is 2. The molecular formula is C12H20O2. The van der Waals surface area contributed by atoms with Crippen LogP contribution in [0.3, 0.4) is 0 Å². The van der Waals surface area contributed by atoms with E-state index in [1.165, 1.54) is 6.42 Å². The zero-order chi connectivity index (χ0) is 10.2. The van der Waals surface area contributed by atoms with Gasteiger partial charge in [0, 0.05) is 0 Å². The Labute approximate surface area is 86.0 Å². The number of rotatable bonds is 3. The average Bonchev–Trinajstić information content (AvgIpc) is 2.96. The van der Waals surface area contributed by atoms with E-state index in [0.717, 1.165) is 31.4 Å². The first-order chi connectivity index (χ1) is 6.68. The van der Waals surface area contributed by atoms with Crippen molar-refractivity contribution in [2.45, 2.75) is 45.1 Å². The van der Waals surface area contributed by atoms with Crippen molar-refractivity contribution in [2.75, 3.05) is 6.61 Å². The van der Waals surface area contributed by atoms with E-state index in [9.17, 15) is 5.11 Å². The number of ether oxygens (including phenoxy) is 1. The Morgan fingerprint density at radius 1 is 1.64 bits per heavy atom. The maximum atomic E-state index is 10.6. The highest BCUT2D eigenvalue weighted by molar-refractivity contribution is 5.21. The monoisotopic (exact) mass is 196 g/mol. The molecule has 14 heavy (non-hydrogen) atoms. The molecule has 0 aromatic heterocycles. The van der Waals surface area contributed by atoms with E-state index >= 15 is 0 Å². The van der Waals surface area contributed by atoms with Crippen molar-refractivity contribution < 1.29 is 9.84 Å². The van der Waals surface area contributed by atoms with E-state index in [1.54, 1.807) is 6.26 Å². The van der Waals surface area contributed by atoms with E-state index in [1.807, 2.05) is 0 Å². The minimum absolute atomic E-state index is 0.473. The van der Waals surface area contributed by atoms with Gasteiger partial charge in [0.2, 0.25) is 0 Å². The molecule has 0 aromatic carbocycles. The fourth-order valence-corrected chi connectivity index (χ4v) is 2.60. The fraction of sp³-hybridized carbons (Fsp3) is 0.833. The first-order valence-electron chi connectivity index (χ1n) is 5.72. The van der Waals surface area contributed by atoms with Gasteiger partial charge in [0.25, 0.3) is 0 Å². The molecule has 0 amide bonds. The Bertz CT molecular complexity index is 247. The second-order valence-electron chi connectivity index (χ2n) is 4.71. The van der Waals surface area contributed by atoms with Gasteiger partial charge in [0.15, 0.2) is 0 Å². The molecule has 80 valence electrons. The third-order valence-electron chi connectivity index (χ3n) is 3.75. The Hall–Kier alpha value is -0.500. The van der Waals surface area contributed by atoms with Crippen molar-refractivity contribution >= 4 is 0 Å². The third-order valence-corrected chi connectivity index (χ3v) is 3.75. The standard InChI is InChI=1S/C12H20O2/c1-3-12(13,11-7-9(11)2)10-5-4-6-14-8-10/h8-9,11,13H,3-7H2,1-2H3.